The predicted molar refractivity (Wildman–Crippen MR) is 125 cm³/mol. The molecule has 0 bridgehead atoms. The number of rotatable bonds is 6. The molecule has 0 spiro atoms. The van der Waals surface area contributed by atoms with Crippen LogP contribution in [0.4, 0.5) is 16.3 Å². The normalized spacial score (nSPS) is 12.1. The molecule has 168 valence electrons. The summed E-state index contributed by atoms with van der Waals surface area (Å²) in [6, 6.07) is 18.5. The molecule has 0 aliphatic carbocycles. The Kier molecular flexibility index (Phi) is 6.82. The van der Waals surface area contributed by atoms with E-state index in [4.69, 9.17) is 10.5 Å². The molecule has 8 nitrogen and oxygen atoms in total. The average molecular weight is 436 g/mol. The molecular weight excluding hydrogens is 406 g/mol. The van der Waals surface area contributed by atoms with E-state index in [-0.39, 0.29) is 12.5 Å². The summed E-state index contributed by atoms with van der Waals surface area (Å²) in [6.07, 6.45) is -0.586. The Bertz CT molecular complexity index is 1070. The van der Waals surface area contributed by atoms with Crippen LogP contribution in [0.15, 0.2) is 60.7 Å². The van der Waals surface area contributed by atoms with E-state index in [1.807, 2.05) is 36.4 Å². The number of alkyl carbamates (subject to hydrolysis) is 1. The summed E-state index contributed by atoms with van der Waals surface area (Å²) in [5, 5.41) is 10.1. The predicted octanol–water partition coefficient (Wildman–Crippen LogP) is 3.92. The fourth-order valence-electron chi connectivity index (χ4n) is 3.14. The molecule has 1 heterocycles. The maximum absolute atomic E-state index is 13.2. The quantitative estimate of drug-likeness (QED) is 0.508. The first-order chi connectivity index (χ1) is 15.1. The van der Waals surface area contributed by atoms with Crippen molar-refractivity contribution in [2.24, 2.45) is 7.05 Å². The fourth-order valence-corrected chi connectivity index (χ4v) is 3.14. The van der Waals surface area contributed by atoms with Crippen molar-refractivity contribution in [3.8, 4) is 11.3 Å². The molecule has 4 N–H and O–H groups in total. The number of nitrogen functional groups attached to an aromatic ring is 1. The number of hydrogen-bond donors (Lipinski definition) is 3. The Morgan fingerprint density at radius 1 is 1.09 bits per heavy atom. The number of aromatic nitrogens is 2. The van der Waals surface area contributed by atoms with Crippen molar-refractivity contribution in [1.29, 1.82) is 0 Å². The zero-order valence-corrected chi connectivity index (χ0v) is 18.8. The lowest BCUT2D eigenvalue weighted by Gasteiger charge is -2.22. The first kappa shape index (κ1) is 22.9. The standard InChI is InChI=1S/C24H29N5O3/c1-24(2,3)32-23(31)26-15-19(16-10-12-18(25)13-11-16)22(30)27-21-14-20(28-29(21)4)17-8-6-5-7-9-17/h5-14,19H,15,25H2,1-4H3,(H,26,31)(H,27,30)/t19-/m0/s1. The van der Waals surface area contributed by atoms with Crippen LogP contribution >= 0.6 is 0 Å². The van der Waals surface area contributed by atoms with E-state index in [1.54, 1.807) is 56.8 Å². The highest BCUT2D eigenvalue weighted by Crippen LogP contribution is 2.23. The fraction of sp³-hybridized carbons (Fsp3) is 0.292. The SMILES string of the molecule is Cn1nc(-c2ccccc2)cc1NC(=O)[C@@H](CNC(=O)OC(C)(C)C)c1ccc(N)cc1. The summed E-state index contributed by atoms with van der Waals surface area (Å²) in [6.45, 7) is 5.41. The van der Waals surface area contributed by atoms with E-state index < -0.39 is 17.6 Å². The molecule has 0 radical (unpaired) electrons. The highest BCUT2D eigenvalue weighted by molar-refractivity contribution is 5.96. The van der Waals surface area contributed by atoms with Crippen LogP contribution in [0, 0.1) is 0 Å². The van der Waals surface area contributed by atoms with Gasteiger partial charge in [0.05, 0.1) is 11.6 Å². The molecule has 1 aromatic heterocycles. The molecule has 0 saturated heterocycles. The highest BCUT2D eigenvalue weighted by atomic mass is 16.6. The number of ether oxygens (including phenoxy) is 1. The number of carbonyl (C=O) groups is 2. The molecule has 0 saturated carbocycles. The molecule has 0 aliphatic rings. The van der Waals surface area contributed by atoms with Crippen molar-refractivity contribution < 1.29 is 14.3 Å². The molecule has 2 aromatic carbocycles. The Morgan fingerprint density at radius 3 is 2.38 bits per heavy atom. The van der Waals surface area contributed by atoms with Gasteiger partial charge >= 0.3 is 6.09 Å². The van der Waals surface area contributed by atoms with Gasteiger partial charge in [-0.15, -0.1) is 0 Å². The van der Waals surface area contributed by atoms with Crippen LogP contribution in [0.25, 0.3) is 11.3 Å². The second kappa shape index (κ2) is 9.55. The molecule has 3 rings (SSSR count). The number of aryl methyl sites for hydroxylation is 1. The van der Waals surface area contributed by atoms with Crippen LogP contribution in [0.1, 0.15) is 32.3 Å². The van der Waals surface area contributed by atoms with Crippen molar-refractivity contribution in [1.82, 2.24) is 15.1 Å². The number of nitrogens with zero attached hydrogens (tertiary/aromatic N) is 2. The van der Waals surface area contributed by atoms with Crippen LogP contribution in [0.2, 0.25) is 0 Å². The van der Waals surface area contributed by atoms with Crippen molar-refractivity contribution >= 4 is 23.5 Å². The van der Waals surface area contributed by atoms with E-state index in [2.05, 4.69) is 15.7 Å². The van der Waals surface area contributed by atoms with Crippen molar-refractivity contribution in [3.63, 3.8) is 0 Å². The lowest BCUT2D eigenvalue weighted by atomic mass is 9.97. The molecule has 32 heavy (non-hydrogen) atoms. The molecule has 0 fully saturated rings. The van der Waals surface area contributed by atoms with Crippen LogP contribution in [0.5, 0.6) is 0 Å². The van der Waals surface area contributed by atoms with Gasteiger partial charge in [-0.05, 0) is 38.5 Å². The van der Waals surface area contributed by atoms with Crippen LogP contribution in [-0.2, 0) is 16.6 Å². The van der Waals surface area contributed by atoms with Crippen molar-refractivity contribution in [3.05, 3.63) is 66.2 Å². The molecule has 0 aliphatic heterocycles. The molecule has 8 heteroatoms. The first-order valence-electron chi connectivity index (χ1n) is 10.3. The molecule has 2 amide bonds. The number of hydrogen-bond acceptors (Lipinski definition) is 5. The first-order valence-corrected chi connectivity index (χ1v) is 10.3. The third kappa shape index (κ3) is 6.10. The monoisotopic (exact) mass is 435 g/mol. The van der Waals surface area contributed by atoms with E-state index in [0.29, 0.717) is 11.5 Å². The van der Waals surface area contributed by atoms with Gasteiger partial charge in [0.15, 0.2) is 0 Å². The van der Waals surface area contributed by atoms with Gasteiger partial charge in [-0.3, -0.25) is 9.48 Å². The van der Waals surface area contributed by atoms with E-state index in [9.17, 15) is 9.59 Å². The van der Waals surface area contributed by atoms with Gasteiger partial charge < -0.3 is 21.1 Å². The summed E-state index contributed by atoms with van der Waals surface area (Å²) >= 11 is 0. The average Bonchev–Trinajstić information content (AvgIpc) is 3.09. The number of carbonyl (C=O) groups excluding carboxylic acids is 2. The number of anilines is 2. The largest absolute Gasteiger partial charge is 0.444 e. The summed E-state index contributed by atoms with van der Waals surface area (Å²) in [4.78, 5) is 25.4. The number of benzene rings is 2. The zero-order valence-electron chi connectivity index (χ0n) is 18.8. The maximum Gasteiger partial charge on any atom is 0.407 e. The van der Waals surface area contributed by atoms with Gasteiger partial charge in [0.1, 0.15) is 11.4 Å². The third-order valence-electron chi connectivity index (χ3n) is 4.71. The number of nitrogens with one attached hydrogen (secondary N) is 2. The molecule has 3 aromatic rings. The second-order valence-corrected chi connectivity index (χ2v) is 8.50. The van der Waals surface area contributed by atoms with Gasteiger partial charge in [0.2, 0.25) is 5.91 Å². The third-order valence-corrected chi connectivity index (χ3v) is 4.71. The van der Waals surface area contributed by atoms with E-state index in [1.165, 1.54) is 0 Å². The van der Waals surface area contributed by atoms with Crippen LogP contribution in [0.3, 0.4) is 0 Å². The van der Waals surface area contributed by atoms with Crippen molar-refractivity contribution in [2.45, 2.75) is 32.3 Å². The molecule has 1 atom stereocenters. The van der Waals surface area contributed by atoms with Gasteiger partial charge in [-0.1, -0.05) is 42.5 Å². The summed E-state index contributed by atoms with van der Waals surface area (Å²) in [7, 11) is 1.76. The molecule has 0 unspecified atom stereocenters. The van der Waals surface area contributed by atoms with E-state index >= 15 is 0 Å². The van der Waals surface area contributed by atoms with Gasteiger partial charge in [-0.25, -0.2) is 4.79 Å². The van der Waals surface area contributed by atoms with Crippen LogP contribution < -0.4 is 16.4 Å². The van der Waals surface area contributed by atoms with Gasteiger partial charge in [-0.2, -0.15) is 5.10 Å². The zero-order chi connectivity index (χ0) is 23.3. The number of amides is 2. The minimum atomic E-state index is -0.654. The summed E-state index contributed by atoms with van der Waals surface area (Å²) < 4.78 is 6.91. The Balaban J connectivity index is 1.78. The van der Waals surface area contributed by atoms with E-state index in [0.717, 1.165) is 16.8 Å². The van der Waals surface area contributed by atoms with Crippen molar-refractivity contribution in [2.75, 3.05) is 17.6 Å². The Morgan fingerprint density at radius 2 is 1.75 bits per heavy atom. The van der Waals surface area contributed by atoms with Crippen LogP contribution in [-0.4, -0.2) is 33.9 Å². The second-order valence-electron chi connectivity index (χ2n) is 8.50. The summed E-state index contributed by atoms with van der Waals surface area (Å²) in [5.74, 6) is -0.391. The lowest BCUT2D eigenvalue weighted by Crippen LogP contribution is -2.37. The molecular formula is C24H29N5O3. The number of nitrogens with two attached hydrogens (primary N) is 1. The Labute approximate surface area is 187 Å². The topological polar surface area (TPSA) is 111 Å². The highest BCUT2D eigenvalue weighted by Gasteiger charge is 2.24. The lowest BCUT2D eigenvalue weighted by molar-refractivity contribution is -0.117. The maximum atomic E-state index is 13.2. The Hall–Kier alpha value is -3.81. The minimum absolute atomic E-state index is 0.0636. The minimum Gasteiger partial charge on any atom is -0.444 e. The summed E-state index contributed by atoms with van der Waals surface area (Å²) in [5.41, 5.74) is 8.17. The van der Waals surface area contributed by atoms with Gasteiger partial charge in [0, 0.05) is 30.9 Å². The smallest absolute Gasteiger partial charge is 0.407 e. The van der Waals surface area contributed by atoms with Gasteiger partial charge in [0.25, 0.3) is 0 Å².